The first-order chi connectivity index (χ1) is 9.73. The number of aliphatic carboxylic acids is 1. The molecule has 1 rings (SSSR count). The van der Waals surface area contributed by atoms with Crippen LogP contribution in [0, 0.1) is 19.8 Å². The summed E-state index contributed by atoms with van der Waals surface area (Å²) in [7, 11) is 0. The topological polar surface area (TPSA) is 72.2 Å². The molecule has 0 saturated heterocycles. The Morgan fingerprint density at radius 3 is 2.38 bits per heavy atom. The summed E-state index contributed by atoms with van der Waals surface area (Å²) in [6, 6.07) is 0.0388. The molecule has 0 aliphatic rings. The number of rotatable bonds is 7. The van der Waals surface area contributed by atoms with Gasteiger partial charge in [0, 0.05) is 23.0 Å². The molecule has 5 nitrogen and oxygen atoms in total. The molecule has 1 aromatic rings. The van der Waals surface area contributed by atoms with Crippen molar-refractivity contribution in [2.45, 2.75) is 66.3 Å². The number of carboxylic acids is 1. The number of aromatic nitrogens is 2. The predicted octanol–water partition coefficient (Wildman–Crippen LogP) is 2.87. The third-order valence-corrected chi connectivity index (χ3v) is 3.88. The van der Waals surface area contributed by atoms with Crippen LogP contribution in [0.25, 0.3) is 0 Å². The summed E-state index contributed by atoms with van der Waals surface area (Å²) in [4.78, 5) is 27.1. The number of hydrogen-bond donors (Lipinski definition) is 1. The lowest BCUT2D eigenvalue weighted by molar-refractivity contribution is -0.136. The van der Waals surface area contributed by atoms with Crippen molar-refractivity contribution < 1.29 is 9.90 Å². The van der Waals surface area contributed by atoms with Gasteiger partial charge in [-0.2, -0.15) is 4.98 Å². The number of carboxylic acid groups (broad SMARTS) is 1. The fourth-order valence-electron chi connectivity index (χ4n) is 2.69. The molecule has 0 spiro atoms. The smallest absolute Gasteiger partial charge is 0.348 e. The van der Waals surface area contributed by atoms with Crippen molar-refractivity contribution in [3.8, 4) is 0 Å². The first-order valence-electron chi connectivity index (χ1n) is 7.54. The van der Waals surface area contributed by atoms with E-state index >= 15 is 0 Å². The molecule has 1 aromatic heterocycles. The highest BCUT2D eigenvalue weighted by Gasteiger charge is 2.17. The van der Waals surface area contributed by atoms with Gasteiger partial charge < -0.3 is 5.11 Å². The van der Waals surface area contributed by atoms with Crippen LogP contribution in [0.4, 0.5) is 0 Å². The standard InChI is InChI=1S/C16H26N2O3/c1-10(2)7-6-8-11(3)18-13(5)14(9-15(19)20)12(4)17-16(18)21/h10-11H,6-9H2,1-5H3,(H,19,20). The second-order valence-corrected chi connectivity index (χ2v) is 6.16. The Bertz CT molecular complexity index is 561. The Hall–Kier alpha value is -1.65. The van der Waals surface area contributed by atoms with Crippen LogP contribution in [0.2, 0.25) is 0 Å². The minimum absolute atomic E-state index is 0.0388. The molecule has 21 heavy (non-hydrogen) atoms. The van der Waals surface area contributed by atoms with Crippen molar-refractivity contribution in [2.24, 2.45) is 5.92 Å². The maximum atomic E-state index is 12.1. The van der Waals surface area contributed by atoms with Crippen LogP contribution in [0.3, 0.4) is 0 Å². The first-order valence-corrected chi connectivity index (χ1v) is 7.54. The zero-order valence-electron chi connectivity index (χ0n) is 13.6. The minimum atomic E-state index is -0.902. The van der Waals surface area contributed by atoms with Crippen molar-refractivity contribution in [1.29, 1.82) is 0 Å². The van der Waals surface area contributed by atoms with Gasteiger partial charge in [0.2, 0.25) is 0 Å². The molecule has 0 saturated carbocycles. The molecule has 0 aromatic carbocycles. The van der Waals surface area contributed by atoms with Gasteiger partial charge in [-0.05, 0) is 33.1 Å². The van der Waals surface area contributed by atoms with Crippen LogP contribution in [-0.2, 0) is 11.2 Å². The van der Waals surface area contributed by atoms with E-state index in [1.807, 2.05) is 13.8 Å². The molecule has 0 fully saturated rings. The zero-order chi connectivity index (χ0) is 16.2. The van der Waals surface area contributed by atoms with Crippen LogP contribution in [0.5, 0.6) is 0 Å². The minimum Gasteiger partial charge on any atom is -0.481 e. The molecule has 1 atom stereocenters. The molecule has 1 unspecified atom stereocenters. The van der Waals surface area contributed by atoms with Crippen LogP contribution >= 0.6 is 0 Å². The number of carbonyl (C=O) groups is 1. The number of nitrogens with zero attached hydrogens (tertiary/aromatic N) is 2. The van der Waals surface area contributed by atoms with Crippen LogP contribution in [0.15, 0.2) is 4.79 Å². The van der Waals surface area contributed by atoms with Crippen molar-refractivity contribution in [2.75, 3.05) is 0 Å². The third kappa shape index (κ3) is 4.69. The Labute approximate surface area is 126 Å². The van der Waals surface area contributed by atoms with Gasteiger partial charge in [0.1, 0.15) is 0 Å². The van der Waals surface area contributed by atoms with E-state index in [1.165, 1.54) is 0 Å². The van der Waals surface area contributed by atoms with E-state index in [0.29, 0.717) is 17.2 Å². The van der Waals surface area contributed by atoms with E-state index in [-0.39, 0.29) is 18.2 Å². The van der Waals surface area contributed by atoms with Crippen molar-refractivity contribution in [1.82, 2.24) is 9.55 Å². The Morgan fingerprint density at radius 2 is 1.86 bits per heavy atom. The molecule has 0 radical (unpaired) electrons. The summed E-state index contributed by atoms with van der Waals surface area (Å²) in [6.45, 7) is 9.87. The first kappa shape index (κ1) is 17.4. The second-order valence-electron chi connectivity index (χ2n) is 6.16. The summed E-state index contributed by atoms with van der Waals surface area (Å²) < 4.78 is 1.64. The van der Waals surface area contributed by atoms with Gasteiger partial charge in [0.25, 0.3) is 0 Å². The van der Waals surface area contributed by atoms with E-state index in [2.05, 4.69) is 18.8 Å². The quantitative estimate of drug-likeness (QED) is 0.839. The highest BCUT2D eigenvalue weighted by Crippen LogP contribution is 2.19. The van der Waals surface area contributed by atoms with Gasteiger partial charge in [-0.1, -0.05) is 26.7 Å². The lowest BCUT2D eigenvalue weighted by Gasteiger charge is -2.20. The Balaban J connectivity index is 3.05. The fraction of sp³-hybridized carbons (Fsp3) is 0.688. The predicted molar refractivity (Wildman–Crippen MR) is 82.7 cm³/mol. The SMILES string of the molecule is Cc1nc(=O)n(C(C)CCCC(C)C)c(C)c1CC(=O)O. The van der Waals surface area contributed by atoms with E-state index in [4.69, 9.17) is 5.11 Å². The highest BCUT2D eigenvalue weighted by molar-refractivity contribution is 5.70. The summed E-state index contributed by atoms with van der Waals surface area (Å²) in [6.07, 6.45) is 2.98. The van der Waals surface area contributed by atoms with E-state index in [1.54, 1.807) is 11.5 Å². The molecular formula is C16H26N2O3. The molecular weight excluding hydrogens is 268 g/mol. The summed E-state index contributed by atoms with van der Waals surface area (Å²) in [5.74, 6) is -0.255. The summed E-state index contributed by atoms with van der Waals surface area (Å²) >= 11 is 0. The van der Waals surface area contributed by atoms with Crippen molar-refractivity contribution in [3.05, 3.63) is 27.4 Å². The maximum Gasteiger partial charge on any atom is 0.348 e. The van der Waals surface area contributed by atoms with Gasteiger partial charge in [-0.15, -0.1) is 0 Å². The lowest BCUT2D eigenvalue weighted by Crippen LogP contribution is -2.30. The Kier molecular flexibility index (Phi) is 6.12. The molecule has 0 amide bonds. The third-order valence-electron chi connectivity index (χ3n) is 3.88. The van der Waals surface area contributed by atoms with Crippen LogP contribution < -0.4 is 5.69 Å². The van der Waals surface area contributed by atoms with Gasteiger partial charge in [-0.3, -0.25) is 9.36 Å². The van der Waals surface area contributed by atoms with Gasteiger partial charge in [0.15, 0.2) is 0 Å². The zero-order valence-corrected chi connectivity index (χ0v) is 13.6. The largest absolute Gasteiger partial charge is 0.481 e. The normalized spacial score (nSPS) is 12.7. The molecule has 1 N–H and O–H groups in total. The molecule has 0 bridgehead atoms. The lowest BCUT2D eigenvalue weighted by atomic mass is 10.0. The molecule has 1 heterocycles. The van der Waals surface area contributed by atoms with E-state index in [9.17, 15) is 9.59 Å². The molecule has 118 valence electrons. The second kappa shape index (κ2) is 7.38. The average Bonchev–Trinajstić information content (AvgIpc) is 2.33. The van der Waals surface area contributed by atoms with Gasteiger partial charge in [0.05, 0.1) is 6.42 Å². The monoisotopic (exact) mass is 294 g/mol. The summed E-state index contributed by atoms with van der Waals surface area (Å²) in [5, 5.41) is 9.00. The van der Waals surface area contributed by atoms with Gasteiger partial charge in [-0.25, -0.2) is 4.79 Å². The maximum absolute atomic E-state index is 12.1. The number of hydrogen-bond acceptors (Lipinski definition) is 3. The van der Waals surface area contributed by atoms with Crippen LogP contribution in [0.1, 0.15) is 63.0 Å². The van der Waals surface area contributed by atoms with E-state index < -0.39 is 5.97 Å². The van der Waals surface area contributed by atoms with E-state index in [0.717, 1.165) is 25.0 Å². The van der Waals surface area contributed by atoms with Crippen LogP contribution in [-0.4, -0.2) is 20.6 Å². The molecule has 0 aliphatic carbocycles. The molecule has 5 heteroatoms. The number of aryl methyl sites for hydroxylation is 1. The van der Waals surface area contributed by atoms with Gasteiger partial charge >= 0.3 is 11.7 Å². The average molecular weight is 294 g/mol. The van der Waals surface area contributed by atoms with Crippen molar-refractivity contribution in [3.63, 3.8) is 0 Å². The Morgan fingerprint density at radius 1 is 1.24 bits per heavy atom. The van der Waals surface area contributed by atoms with Crippen molar-refractivity contribution >= 4 is 5.97 Å². The fourth-order valence-corrected chi connectivity index (χ4v) is 2.69. The molecule has 0 aliphatic heterocycles. The highest BCUT2D eigenvalue weighted by atomic mass is 16.4. The summed E-state index contributed by atoms with van der Waals surface area (Å²) in [5.41, 5.74) is 1.62.